The van der Waals surface area contributed by atoms with Crippen LogP contribution < -0.4 is 10.2 Å². The van der Waals surface area contributed by atoms with E-state index in [1.807, 2.05) is 0 Å². The number of rotatable bonds is 5. The van der Waals surface area contributed by atoms with Crippen LogP contribution in [0, 0.1) is 0 Å². The van der Waals surface area contributed by atoms with Gasteiger partial charge in [0.15, 0.2) is 0 Å². The lowest BCUT2D eigenvalue weighted by molar-refractivity contribution is -0.140. The first-order valence-electron chi connectivity index (χ1n) is 7.12. The van der Waals surface area contributed by atoms with Gasteiger partial charge in [-0.1, -0.05) is 18.2 Å². The number of nitrogens with one attached hydrogen (secondary N) is 1. The number of para-hydroxylation sites is 1. The average molecular weight is 327 g/mol. The van der Waals surface area contributed by atoms with Gasteiger partial charge in [-0.15, -0.1) is 0 Å². The normalized spacial score (nSPS) is 14.4. The number of nitrogens with zero attached hydrogens (tertiary/aromatic N) is 2. The van der Waals surface area contributed by atoms with Crippen molar-refractivity contribution in [2.45, 2.75) is 6.54 Å². The minimum atomic E-state index is -1.03. The van der Waals surface area contributed by atoms with E-state index in [9.17, 15) is 19.2 Å². The molecule has 1 aliphatic heterocycles. The van der Waals surface area contributed by atoms with E-state index >= 15 is 0 Å². The minimum Gasteiger partial charge on any atom is -0.467 e. The summed E-state index contributed by atoms with van der Waals surface area (Å²) in [6.45, 7) is -0.411. The van der Waals surface area contributed by atoms with Gasteiger partial charge >= 0.3 is 17.8 Å². The molecule has 24 heavy (non-hydrogen) atoms. The highest BCUT2D eigenvalue weighted by molar-refractivity contribution is 6.53. The third-order valence-corrected chi connectivity index (χ3v) is 3.41. The van der Waals surface area contributed by atoms with Gasteiger partial charge in [-0.3, -0.25) is 14.4 Å². The monoisotopic (exact) mass is 327 g/mol. The molecule has 2 heterocycles. The number of carbonyl (C=O) groups is 4. The second-order valence-electron chi connectivity index (χ2n) is 5.01. The number of urea groups is 1. The molecule has 122 valence electrons. The molecule has 3 rings (SSSR count). The highest BCUT2D eigenvalue weighted by Gasteiger charge is 2.45. The smallest absolute Gasteiger partial charge is 0.339 e. The molecule has 8 nitrogen and oxygen atoms in total. The number of benzene rings is 1. The van der Waals surface area contributed by atoms with Crippen LogP contribution in [0.5, 0.6) is 0 Å². The number of hydrogen-bond donors (Lipinski definition) is 1. The molecule has 0 spiro atoms. The molecule has 2 aromatic rings. The molecule has 0 aliphatic carbocycles. The third kappa shape index (κ3) is 2.89. The Morgan fingerprint density at radius 2 is 1.75 bits per heavy atom. The first-order chi connectivity index (χ1) is 11.6. The first kappa shape index (κ1) is 15.5. The molecule has 1 aromatic heterocycles. The SMILES string of the molecule is O=C(CN1C(=O)C(=O)N(c2ccccc2)C1=O)NCc1ccco1. The number of furan rings is 1. The quantitative estimate of drug-likeness (QED) is 0.649. The maximum atomic E-state index is 12.3. The Labute approximate surface area is 136 Å². The molecular formula is C16H13N3O5. The Morgan fingerprint density at radius 3 is 2.42 bits per heavy atom. The van der Waals surface area contributed by atoms with Crippen molar-refractivity contribution in [2.24, 2.45) is 0 Å². The molecule has 8 heteroatoms. The lowest BCUT2D eigenvalue weighted by Crippen LogP contribution is -2.41. The summed E-state index contributed by atoms with van der Waals surface area (Å²) in [5.74, 6) is -2.05. The largest absolute Gasteiger partial charge is 0.467 e. The summed E-state index contributed by atoms with van der Waals surface area (Å²) >= 11 is 0. The van der Waals surface area contributed by atoms with Crippen LogP contribution in [0.2, 0.25) is 0 Å². The van der Waals surface area contributed by atoms with E-state index in [-0.39, 0.29) is 12.2 Å². The Morgan fingerprint density at radius 1 is 1.00 bits per heavy atom. The molecule has 0 atom stereocenters. The number of anilines is 1. The maximum absolute atomic E-state index is 12.3. The van der Waals surface area contributed by atoms with Crippen molar-refractivity contribution < 1.29 is 23.6 Å². The summed E-state index contributed by atoms with van der Waals surface area (Å²) in [4.78, 5) is 49.6. The van der Waals surface area contributed by atoms with E-state index < -0.39 is 30.3 Å². The van der Waals surface area contributed by atoms with Crippen molar-refractivity contribution in [2.75, 3.05) is 11.4 Å². The fourth-order valence-corrected chi connectivity index (χ4v) is 2.25. The van der Waals surface area contributed by atoms with Crippen LogP contribution in [-0.2, 0) is 20.9 Å². The lowest BCUT2D eigenvalue weighted by atomic mass is 10.3. The van der Waals surface area contributed by atoms with Crippen molar-refractivity contribution in [3.05, 3.63) is 54.5 Å². The molecular weight excluding hydrogens is 314 g/mol. The second-order valence-corrected chi connectivity index (χ2v) is 5.01. The van der Waals surface area contributed by atoms with Gasteiger partial charge in [0.25, 0.3) is 0 Å². The Kier molecular flexibility index (Phi) is 4.11. The molecule has 1 saturated heterocycles. The van der Waals surface area contributed by atoms with Gasteiger partial charge in [0.05, 0.1) is 18.5 Å². The summed E-state index contributed by atoms with van der Waals surface area (Å²) in [6, 6.07) is 10.6. The first-order valence-corrected chi connectivity index (χ1v) is 7.12. The van der Waals surface area contributed by atoms with Gasteiger partial charge in [0.2, 0.25) is 5.91 Å². The average Bonchev–Trinajstić information content (AvgIpc) is 3.17. The highest BCUT2D eigenvalue weighted by Crippen LogP contribution is 2.21. The van der Waals surface area contributed by atoms with Crippen LogP contribution in [0.25, 0.3) is 0 Å². The van der Waals surface area contributed by atoms with Crippen molar-refractivity contribution in [3.8, 4) is 0 Å². The van der Waals surface area contributed by atoms with E-state index in [4.69, 9.17) is 4.42 Å². The zero-order chi connectivity index (χ0) is 17.1. The molecule has 1 fully saturated rings. The fraction of sp³-hybridized carbons (Fsp3) is 0.125. The van der Waals surface area contributed by atoms with Gasteiger partial charge in [-0.05, 0) is 24.3 Å². The number of carbonyl (C=O) groups excluding carboxylic acids is 4. The van der Waals surface area contributed by atoms with Crippen LogP contribution in [0.4, 0.5) is 10.5 Å². The lowest BCUT2D eigenvalue weighted by Gasteiger charge is -2.15. The van der Waals surface area contributed by atoms with Crippen molar-refractivity contribution in [1.82, 2.24) is 10.2 Å². The predicted octanol–water partition coefficient (Wildman–Crippen LogP) is 0.891. The maximum Gasteiger partial charge on any atom is 0.339 e. The van der Waals surface area contributed by atoms with Crippen LogP contribution in [-0.4, -0.2) is 35.2 Å². The second kappa shape index (κ2) is 6.37. The number of amides is 5. The van der Waals surface area contributed by atoms with Crippen molar-refractivity contribution in [3.63, 3.8) is 0 Å². The van der Waals surface area contributed by atoms with Gasteiger partial charge in [0, 0.05) is 0 Å². The predicted molar refractivity (Wildman–Crippen MR) is 81.6 cm³/mol. The minimum absolute atomic E-state index is 0.123. The Bertz CT molecular complexity index is 785. The molecule has 0 radical (unpaired) electrons. The fourth-order valence-electron chi connectivity index (χ4n) is 2.25. The summed E-state index contributed by atoms with van der Waals surface area (Å²) in [5, 5.41) is 2.51. The van der Waals surface area contributed by atoms with Crippen molar-refractivity contribution >= 4 is 29.4 Å². The van der Waals surface area contributed by atoms with Gasteiger partial charge in [-0.25, -0.2) is 14.6 Å². The zero-order valence-corrected chi connectivity index (χ0v) is 12.5. The van der Waals surface area contributed by atoms with Crippen LogP contribution in [0.1, 0.15) is 5.76 Å². The Balaban J connectivity index is 1.67. The van der Waals surface area contributed by atoms with E-state index in [1.54, 1.807) is 30.3 Å². The number of imide groups is 2. The van der Waals surface area contributed by atoms with Gasteiger partial charge in [-0.2, -0.15) is 0 Å². The molecule has 1 aromatic carbocycles. The van der Waals surface area contributed by atoms with E-state index in [2.05, 4.69) is 5.32 Å². The van der Waals surface area contributed by atoms with Crippen LogP contribution in [0.15, 0.2) is 53.1 Å². The molecule has 5 amide bonds. The molecule has 0 saturated carbocycles. The number of hydrogen-bond acceptors (Lipinski definition) is 5. The summed E-state index contributed by atoms with van der Waals surface area (Å²) in [6.07, 6.45) is 1.46. The standard InChI is InChI=1S/C16H13N3O5/c20-13(17-9-12-7-4-8-24-12)10-18-14(21)15(22)19(16(18)23)11-5-2-1-3-6-11/h1-8H,9-10H2,(H,17,20). The Hall–Kier alpha value is -3.42. The highest BCUT2D eigenvalue weighted by atomic mass is 16.3. The van der Waals surface area contributed by atoms with Crippen molar-refractivity contribution in [1.29, 1.82) is 0 Å². The van der Waals surface area contributed by atoms with Gasteiger partial charge < -0.3 is 9.73 Å². The molecule has 1 N–H and O–H groups in total. The van der Waals surface area contributed by atoms with E-state index in [1.165, 1.54) is 18.4 Å². The van der Waals surface area contributed by atoms with E-state index in [0.29, 0.717) is 10.7 Å². The zero-order valence-electron chi connectivity index (χ0n) is 12.5. The van der Waals surface area contributed by atoms with Crippen LogP contribution >= 0.6 is 0 Å². The third-order valence-electron chi connectivity index (χ3n) is 3.41. The van der Waals surface area contributed by atoms with E-state index in [0.717, 1.165) is 4.90 Å². The van der Waals surface area contributed by atoms with Crippen LogP contribution in [0.3, 0.4) is 0 Å². The topological polar surface area (TPSA) is 99.9 Å². The summed E-state index contributed by atoms with van der Waals surface area (Å²) < 4.78 is 5.06. The molecule has 1 aliphatic rings. The summed E-state index contributed by atoms with van der Waals surface area (Å²) in [5.41, 5.74) is 0.277. The molecule has 0 bridgehead atoms. The molecule has 0 unspecified atom stereocenters. The summed E-state index contributed by atoms with van der Waals surface area (Å²) in [7, 11) is 0. The van der Waals surface area contributed by atoms with Gasteiger partial charge in [0.1, 0.15) is 12.3 Å².